The summed E-state index contributed by atoms with van der Waals surface area (Å²) in [5.41, 5.74) is 5.16. The molecule has 2 atom stereocenters. The van der Waals surface area contributed by atoms with Gasteiger partial charge in [0.2, 0.25) is 5.91 Å². The van der Waals surface area contributed by atoms with Gasteiger partial charge in [-0.1, -0.05) is 0 Å². The van der Waals surface area contributed by atoms with Gasteiger partial charge in [-0.25, -0.2) is 4.79 Å². The Labute approximate surface area is 127 Å². The van der Waals surface area contributed by atoms with Crippen molar-refractivity contribution < 1.29 is 14.3 Å². The van der Waals surface area contributed by atoms with Crippen molar-refractivity contribution in [2.45, 2.75) is 65.1 Å². The van der Waals surface area contributed by atoms with Gasteiger partial charge in [-0.3, -0.25) is 4.79 Å². The molecule has 2 amide bonds. The Bertz CT molecular complexity index is 377. The van der Waals surface area contributed by atoms with Crippen LogP contribution in [-0.4, -0.2) is 59.1 Å². The van der Waals surface area contributed by atoms with Crippen LogP contribution in [0, 0.1) is 0 Å². The molecule has 1 aliphatic heterocycles. The Kier molecular flexibility index (Phi) is 6.01. The summed E-state index contributed by atoms with van der Waals surface area (Å²) >= 11 is 0. The zero-order valence-corrected chi connectivity index (χ0v) is 13.9. The molecule has 0 spiro atoms. The van der Waals surface area contributed by atoms with Gasteiger partial charge in [0.25, 0.3) is 0 Å². The molecule has 0 radical (unpaired) electrons. The van der Waals surface area contributed by atoms with Crippen LogP contribution in [0.15, 0.2) is 0 Å². The molecule has 6 heteroatoms. The van der Waals surface area contributed by atoms with Crippen molar-refractivity contribution in [1.29, 1.82) is 0 Å². The third-order valence-electron chi connectivity index (χ3n) is 3.52. The van der Waals surface area contributed by atoms with Crippen LogP contribution < -0.4 is 5.73 Å². The fourth-order valence-corrected chi connectivity index (χ4v) is 2.50. The predicted octanol–water partition coefficient (Wildman–Crippen LogP) is 1.58. The Morgan fingerprint density at radius 1 is 1.43 bits per heavy atom. The van der Waals surface area contributed by atoms with Crippen LogP contribution in [0.4, 0.5) is 4.79 Å². The van der Waals surface area contributed by atoms with E-state index in [2.05, 4.69) is 0 Å². The summed E-state index contributed by atoms with van der Waals surface area (Å²) < 4.78 is 5.43. The Morgan fingerprint density at radius 3 is 2.52 bits per heavy atom. The molecule has 1 rings (SSSR count). The van der Waals surface area contributed by atoms with Crippen LogP contribution >= 0.6 is 0 Å². The van der Waals surface area contributed by atoms with Crippen LogP contribution in [0.1, 0.15) is 47.5 Å². The second kappa shape index (κ2) is 7.11. The third-order valence-corrected chi connectivity index (χ3v) is 3.52. The number of amides is 2. The van der Waals surface area contributed by atoms with E-state index in [9.17, 15) is 9.59 Å². The molecular formula is C15H29N3O3. The van der Waals surface area contributed by atoms with E-state index in [1.807, 2.05) is 27.7 Å². The lowest BCUT2D eigenvalue weighted by Crippen LogP contribution is -2.49. The molecule has 0 aromatic carbocycles. The van der Waals surface area contributed by atoms with Gasteiger partial charge in [0, 0.05) is 19.6 Å². The van der Waals surface area contributed by atoms with E-state index in [1.54, 1.807) is 16.7 Å². The minimum absolute atomic E-state index is 0.0162. The van der Waals surface area contributed by atoms with Gasteiger partial charge in [-0.15, -0.1) is 0 Å². The fourth-order valence-electron chi connectivity index (χ4n) is 2.50. The standard InChI is InChI=1S/C15H29N3O3/c1-6-17(13(19)11(2)16)10-12-8-7-9-18(12)14(20)21-15(3,4)5/h11-12H,6-10,16H2,1-5H3. The molecule has 122 valence electrons. The second-order valence-corrected chi connectivity index (χ2v) is 6.64. The molecule has 0 saturated carbocycles. The highest BCUT2D eigenvalue weighted by molar-refractivity contribution is 5.81. The molecule has 0 bridgehead atoms. The van der Waals surface area contributed by atoms with E-state index >= 15 is 0 Å². The molecule has 21 heavy (non-hydrogen) atoms. The Morgan fingerprint density at radius 2 is 2.05 bits per heavy atom. The van der Waals surface area contributed by atoms with Crippen molar-refractivity contribution in [1.82, 2.24) is 9.80 Å². The number of nitrogens with zero attached hydrogens (tertiary/aromatic N) is 2. The number of ether oxygens (including phenoxy) is 1. The van der Waals surface area contributed by atoms with E-state index in [4.69, 9.17) is 10.5 Å². The van der Waals surface area contributed by atoms with Crippen molar-refractivity contribution in [2.75, 3.05) is 19.6 Å². The first-order chi connectivity index (χ1) is 9.65. The van der Waals surface area contributed by atoms with Gasteiger partial charge in [0.1, 0.15) is 5.60 Å². The first kappa shape index (κ1) is 17.8. The summed E-state index contributed by atoms with van der Waals surface area (Å²) in [5.74, 6) is -0.0754. The molecular weight excluding hydrogens is 270 g/mol. The first-order valence-corrected chi connectivity index (χ1v) is 7.69. The maximum Gasteiger partial charge on any atom is 0.410 e. The van der Waals surface area contributed by atoms with Gasteiger partial charge in [-0.05, 0) is 47.5 Å². The second-order valence-electron chi connectivity index (χ2n) is 6.64. The van der Waals surface area contributed by atoms with Crippen molar-refractivity contribution in [3.8, 4) is 0 Å². The highest BCUT2D eigenvalue weighted by Gasteiger charge is 2.34. The van der Waals surface area contributed by atoms with E-state index in [1.165, 1.54) is 0 Å². The maximum atomic E-state index is 12.2. The number of hydrogen-bond acceptors (Lipinski definition) is 4. The summed E-state index contributed by atoms with van der Waals surface area (Å²) in [5, 5.41) is 0. The number of carbonyl (C=O) groups excluding carboxylic acids is 2. The molecule has 1 fully saturated rings. The molecule has 6 nitrogen and oxygen atoms in total. The number of likely N-dealkylation sites (N-methyl/N-ethyl adjacent to an activating group) is 1. The fraction of sp³-hybridized carbons (Fsp3) is 0.867. The highest BCUT2D eigenvalue weighted by Crippen LogP contribution is 2.21. The van der Waals surface area contributed by atoms with Gasteiger partial charge < -0.3 is 20.3 Å². The normalized spacial score (nSPS) is 20.3. The largest absolute Gasteiger partial charge is 0.444 e. The van der Waals surface area contributed by atoms with Gasteiger partial charge in [0.15, 0.2) is 0 Å². The monoisotopic (exact) mass is 299 g/mol. The number of rotatable bonds is 4. The summed E-state index contributed by atoms with van der Waals surface area (Å²) in [6.07, 6.45) is 1.53. The summed E-state index contributed by atoms with van der Waals surface area (Å²) in [6.45, 7) is 11.0. The maximum absolute atomic E-state index is 12.2. The van der Waals surface area contributed by atoms with Crippen molar-refractivity contribution in [3.05, 3.63) is 0 Å². The molecule has 1 heterocycles. The highest BCUT2D eigenvalue weighted by atomic mass is 16.6. The number of nitrogens with two attached hydrogens (primary N) is 1. The third kappa shape index (κ3) is 5.19. The SMILES string of the molecule is CCN(CC1CCCN1C(=O)OC(C)(C)C)C(=O)C(C)N. The molecule has 1 saturated heterocycles. The number of carbonyl (C=O) groups is 2. The zero-order valence-electron chi connectivity index (χ0n) is 13.9. The Hall–Kier alpha value is -1.30. The number of hydrogen-bond donors (Lipinski definition) is 1. The lowest BCUT2D eigenvalue weighted by Gasteiger charge is -2.32. The number of likely N-dealkylation sites (tertiary alicyclic amines) is 1. The van der Waals surface area contributed by atoms with Crippen LogP contribution in [0.25, 0.3) is 0 Å². The van der Waals surface area contributed by atoms with Gasteiger partial charge in [-0.2, -0.15) is 0 Å². The zero-order chi connectivity index (χ0) is 16.2. The minimum atomic E-state index is -0.513. The average molecular weight is 299 g/mol. The summed E-state index contributed by atoms with van der Waals surface area (Å²) in [4.78, 5) is 27.7. The van der Waals surface area contributed by atoms with Crippen LogP contribution in [0.3, 0.4) is 0 Å². The molecule has 2 unspecified atom stereocenters. The van der Waals surface area contributed by atoms with E-state index in [-0.39, 0.29) is 18.0 Å². The molecule has 0 aromatic rings. The van der Waals surface area contributed by atoms with Gasteiger partial charge >= 0.3 is 6.09 Å². The molecule has 2 N–H and O–H groups in total. The lowest BCUT2D eigenvalue weighted by atomic mass is 10.2. The summed E-state index contributed by atoms with van der Waals surface area (Å²) in [7, 11) is 0. The molecule has 0 aliphatic carbocycles. The van der Waals surface area contributed by atoms with Crippen LogP contribution in [0.2, 0.25) is 0 Å². The lowest BCUT2D eigenvalue weighted by molar-refractivity contribution is -0.132. The first-order valence-electron chi connectivity index (χ1n) is 7.69. The Balaban J connectivity index is 2.68. The van der Waals surface area contributed by atoms with Crippen molar-refractivity contribution in [3.63, 3.8) is 0 Å². The van der Waals surface area contributed by atoms with Gasteiger partial charge in [0.05, 0.1) is 12.1 Å². The minimum Gasteiger partial charge on any atom is -0.444 e. The molecule has 0 aromatic heterocycles. The van der Waals surface area contributed by atoms with Crippen molar-refractivity contribution >= 4 is 12.0 Å². The van der Waals surface area contributed by atoms with E-state index in [0.717, 1.165) is 12.8 Å². The molecule has 1 aliphatic rings. The predicted molar refractivity (Wildman–Crippen MR) is 81.9 cm³/mol. The quantitative estimate of drug-likeness (QED) is 0.855. The summed E-state index contributed by atoms with van der Waals surface area (Å²) in [6, 6.07) is -0.496. The van der Waals surface area contributed by atoms with E-state index < -0.39 is 11.6 Å². The topological polar surface area (TPSA) is 75.9 Å². The van der Waals surface area contributed by atoms with Crippen molar-refractivity contribution in [2.24, 2.45) is 5.73 Å². The van der Waals surface area contributed by atoms with E-state index in [0.29, 0.717) is 19.6 Å². The van der Waals surface area contributed by atoms with Crippen LogP contribution in [-0.2, 0) is 9.53 Å². The smallest absolute Gasteiger partial charge is 0.410 e. The average Bonchev–Trinajstić information content (AvgIpc) is 2.81. The van der Waals surface area contributed by atoms with Crippen LogP contribution in [0.5, 0.6) is 0 Å².